The maximum atomic E-state index is 5.01. The van der Waals surface area contributed by atoms with Gasteiger partial charge in [-0.3, -0.25) is 0 Å². The third-order valence-electron chi connectivity index (χ3n) is 7.66. The second-order valence-corrected chi connectivity index (χ2v) is 12.7. The van der Waals surface area contributed by atoms with Gasteiger partial charge in [-0.05, 0) is 72.6 Å². The lowest BCUT2D eigenvalue weighted by molar-refractivity contribution is 0.586. The Balaban J connectivity index is 1.46. The zero-order chi connectivity index (χ0) is 24.2. The van der Waals surface area contributed by atoms with Crippen molar-refractivity contribution >= 4 is 11.0 Å². The van der Waals surface area contributed by atoms with Gasteiger partial charge >= 0.3 is 0 Å². The van der Waals surface area contributed by atoms with Crippen molar-refractivity contribution in [2.24, 2.45) is 0 Å². The summed E-state index contributed by atoms with van der Waals surface area (Å²) in [5, 5.41) is 19.4. The van der Waals surface area contributed by atoms with Gasteiger partial charge in [0.25, 0.3) is 0 Å². The Morgan fingerprint density at radius 2 is 1.44 bits per heavy atom. The zero-order valence-corrected chi connectivity index (χ0v) is 21.8. The van der Waals surface area contributed by atoms with E-state index in [2.05, 4.69) is 72.8 Å². The molecule has 0 aromatic carbocycles. The number of fused-ring (bicyclic) bond motifs is 2. The lowest BCUT2D eigenvalue weighted by Gasteiger charge is -2.21. The number of aromatic nitrogens is 6. The van der Waals surface area contributed by atoms with Gasteiger partial charge in [-0.1, -0.05) is 41.5 Å². The van der Waals surface area contributed by atoms with Crippen molar-refractivity contribution in [3.05, 3.63) is 57.7 Å². The number of aryl methyl sites for hydroxylation is 2. The molecule has 4 aromatic heterocycles. The largest absolute Gasteiger partial charge is 0.158 e. The van der Waals surface area contributed by atoms with Gasteiger partial charge in [0, 0.05) is 23.0 Å². The van der Waals surface area contributed by atoms with Crippen LogP contribution in [0.4, 0.5) is 0 Å². The molecule has 0 amide bonds. The van der Waals surface area contributed by atoms with Gasteiger partial charge in [0.15, 0.2) is 0 Å². The molecular formula is C28H36N6. The maximum Gasteiger partial charge on any atom is 0.0945 e. The fourth-order valence-corrected chi connectivity index (χ4v) is 5.87. The van der Waals surface area contributed by atoms with Crippen LogP contribution in [-0.4, -0.2) is 29.7 Å². The highest BCUT2D eigenvalue weighted by Gasteiger charge is 2.46. The minimum atomic E-state index is 0.000958. The molecule has 6 nitrogen and oxygen atoms in total. The molecule has 2 aliphatic carbocycles. The van der Waals surface area contributed by atoms with Crippen molar-refractivity contribution in [1.82, 2.24) is 29.7 Å². The van der Waals surface area contributed by atoms with Crippen molar-refractivity contribution in [2.45, 2.75) is 103 Å². The van der Waals surface area contributed by atoms with Gasteiger partial charge < -0.3 is 0 Å². The average Bonchev–Trinajstić information content (AvgIpc) is 3.64. The number of hydrogen-bond donors (Lipinski definition) is 0. The Hall–Kier alpha value is -2.76. The molecule has 6 rings (SSSR count). The summed E-state index contributed by atoms with van der Waals surface area (Å²) < 4.78 is 3.74. The molecule has 178 valence electrons. The molecule has 2 atom stereocenters. The van der Waals surface area contributed by atoms with E-state index in [0.29, 0.717) is 17.8 Å². The molecule has 34 heavy (non-hydrogen) atoms. The van der Waals surface area contributed by atoms with Gasteiger partial charge in [0.1, 0.15) is 0 Å². The van der Waals surface area contributed by atoms with E-state index in [1.165, 1.54) is 57.6 Å². The summed E-state index contributed by atoms with van der Waals surface area (Å²) in [7, 11) is 0. The molecule has 4 aromatic rings. The number of hydrogen-bond acceptors (Lipinski definition) is 4. The molecule has 2 unspecified atom stereocenters. The van der Waals surface area contributed by atoms with Gasteiger partial charge in [0.2, 0.25) is 0 Å². The lowest BCUT2D eigenvalue weighted by Crippen LogP contribution is -2.14. The average molecular weight is 457 g/mol. The fourth-order valence-electron chi connectivity index (χ4n) is 5.87. The Labute approximate surface area is 201 Å². The van der Waals surface area contributed by atoms with Gasteiger partial charge in [0.05, 0.1) is 34.8 Å². The van der Waals surface area contributed by atoms with Crippen LogP contribution in [0, 0.1) is 13.8 Å². The smallest absolute Gasteiger partial charge is 0.0945 e. The van der Waals surface area contributed by atoms with E-state index >= 15 is 0 Å². The summed E-state index contributed by atoms with van der Waals surface area (Å²) in [5.41, 5.74) is 11.5. The third kappa shape index (κ3) is 3.29. The quantitative estimate of drug-likeness (QED) is 0.372. The molecule has 0 saturated heterocycles. The first-order valence-corrected chi connectivity index (χ1v) is 12.7. The molecule has 0 aliphatic heterocycles. The van der Waals surface area contributed by atoms with E-state index in [1.807, 2.05) is 15.5 Å². The molecule has 0 spiro atoms. The molecule has 2 aliphatic rings. The first-order valence-electron chi connectivity index (χ1n) is 12.7. The first-order chi connectivity index (χ1) is 15.9. The molecule has 2 saturated carbocycles. The van der Waals surface area contributed by atoms with E-state index in [1.54, 1.807) is 0 Å². The topological polar surface area (TPSA) is 60.4 Å². The van der Waals surface area contributed by atoms with Crippen LogP contribution < -0.4 is 0 Å². The summed E-state index contributed by atoms with van der Waals surface area (Å²) in [6.45, 7) is 18.2. The fraction of sp³-hybridized carbons (Fsp3) is 0.571. The van der Waals surface area contributed by atoms with Gasteiger partial charge in [-0.2, -0.15) is 29.7 Å². The second kappa shape index (κ2) is 6.89. The summed E-state index contributed by atoms with van der Waals surface area (Å²) >= 11 is 0. The van der Waals surface area contributed by atoms with Crippen LogP contribution in [0.15, 0.2) is 18.5 Å². The minimum Gasteiger partial charge on any atom is -0.158 e. The van der Waals surface area contributed by atoms with Crippen LogP contribution in [0.1, 0.15) is 118 Å². The SMILES string of the molecule is Cc1cnn2nc(C3CC3c3cnn4nc(C5CC5)c(C(C)(C)C)c4c3C)c(C(C)(C)C)c2c1. The van der Waals surface area contributed by atoms with Crippen molar-refractivity contribution in [1.29, 1.82) is 0 Å². The van der Waals surface area contributed by atoms with Gasteiger partial charge in [-0.25, -0.2) is 0 Å². The van der Waals surface area contributed by atoms with Crippen LogP contribution >= 0.6 is 0 Å². The van der Waals surface area contributed by atoms with Crippen LogP contribution in [-0.2, 0) is 10.8 Å². The molecule has 2 fully saturated rings. The van der Waals surface area contributed by atoms with Crippen LogP contribution in [0.2, 0.25) is 0 Å². The summed E-state index contributed by atoms with van der Waals surface area (Å²) in [4.78, 5) is 0. The molecular weight excluding hydrogens is 420 g/mol. The van der Waals surface area contributed by atoms with Crippen molar-refractivity contribution in [3.63, 3.8) is 0 Å². The van der Waals surface area contributed by atoms with Crippen molar-refractivity contribution in [2.75, 3.05) is 0 Å². The van der Waals surface area contributed by atoms with Crippen LogP contribution in [0.25, 0.3) is 11.0 Å². The summed E-state index contributed by atoms with van der Waals surface area (Å²) in [6, 6.07) is 2.22. The van der Waals surface area contributed by atoms with Crippen molar-refractivity contribution < 1.29 is 0 Å². The molecule has 0 bridgehead atoms. The molecule has 4 heterocycles. The zero-order valence-electron chi connectivity index (χ0n) is 21.8. The Morgan fingerprint density at radius 3 is 2.09 bits per heavy atom. The summed E-state index contributed by atoms with van der Waals surface area (Å²) in [5.74, 6) is 1.45. The monoisotopic (exact) mass is 456 g/mol. The number of rotatable bonds is 3. The first kappa shape index (κ1) is 21.8. The Bertz CT molecular complexity index is 1440. The van der Waals surface area contributed by atoms with Crippen LogP contribution in [0.3, 0.4) is 0 Å². The van der Waals surface area contributed by atoms with Gasteiger partial charge in [-0.15, -0.1) is 0 Å². The predicted octanol–water partition coefficient (Wildman–Crippen LogP) is 6.13. The Morgan fingerprint density at radius 1 is 0.794 bits per heavy atom. The molecule has 0 N–H and O–H groups in total. The number of nitrogens with zero attached hydrogens (tertiary/aromatic N) is 6. The molecule has 0 radical (unpaired) electrons. The highest BCUT2D eigenvalue weighted by Crippen LogP contribution is 2.57. The van der Waals surface area contributed by atoms with Crippen LogP contribution in [0.5, 0.6) is 0 Å². The second-order valence-electron chi connectivity index (χ2n) is 12.7. The van der Waals surface area contributed by atoms with E-state index in [0.717, 1.165) is 11.9 Å². The highest BCUT2D eigenvalue weighted by molar-refractivity contribution is 5.68. The normalized spacial score (nSPS) is 21.1. The van der Waals surface area contributed by atoms with E-state index < -0.39 is 0 Å². The van der Waals surface area contributed by atoms with E-state index in [4.69, 9.17) is 15.3 Å². The Kier molecular flexibility index (Phi) is 4.41. The predicted molar refractivity (Wildman–Crippen MR) is 135 cm³/mol. The molecule has 6 heteroatoms. The van der Waals surface area contributed by atoms with E-state index in [-0.39, 0.29) is 10.8 Å². The lowest BCUT2D eigenvalue weighted by atomic mass is 9.83. The minimum absolute atomic E-state index is 0.000958. The standard InChI is InChI=1S/C28H36N6/c1-15-11-21-22(27(3,4)5)25(32-33(21)29-13-15)19-12-18(19)20-14-30-34-26(16(20)2)23(28(6,7)8)24(31-34)17-9-10-17/h11,13-14,17-19H,9-10,12H2,1-8H3. The summed E-state index contributed by atoms with van der Waals surface area (Å²) in [6.07, 6.45) is 7.58. The highest BCUT2D eigenvalue weighted by atomic mass is 15.4. The van der Waals surface area contributed by atoms with Crippen molar-refractivity contribution in [3.8, 4) is 0 Å². The van der Waals surface area contributed by atoms with E-state index in [9.17, 15) is 0 Å². The third-order valence-corrected chi connectivity index (χ3v) is 7.66. The maximum absolute atomic E-state index is 5.01.